The summed E-state index contributed by atoms with van der Waals surface area (Å²) in [5, 5.41) is 3.33. The van der Waals surface area contributed by atoms with E-state index in [1.165, 1.54) is 0 Å². The minimum Gasteiger partial charge on any atom is -0.325 e. The third-order valence-electron chi connectivity index (χ3n) is 4.26. The van der Waals surface area contributed by atoms with Gasteiger partial charge < -0.3 is 5.32 Å². The van der Waals surface area contributed by atoms with Crippen LogP contribution < -0.4 is 5.32 Å². The lowest BCUT2D eigenvalue weighted by Gasteiger charge is -2.17. The van der Waals surface area contributed by atoms with E-state index in [2.05, 4.69) is 5.32 Å². The Hall–Kier alpha value is -2.14. The summed E-state index contributed by atoms with van der Waals surface area (Å²) in [7, 11) is 0. The number of aryl methyl sites for hydroxylation is 1. The van der Waals surface area contributed by atoms with Gasteiger partial charge in [0.15, 0.2) is 0 Å². The van der Waals surface area contributed by atoms with E-state index in [0.29, 0.717) is 23.6 Å². The molecule has 2 aliphatic rings. The average Bonchev–Trinajstić information content (AvgIpc) is 2.72. The maximum absolute atomic E-state index is 12.4. The maximum atomic E-state index is 12.4. The van der Waals surface area contributed by atoms with E-state index in [0.717, 1.165) is 10.5 Å². The summed E-state index contributed by atoms with van der Waals surface area (Å²) >= 11 is 5.97. The van der Waals surface area contributed by atoms with Gasteiger partial charge in [0.25, 0.3) is 0 Å². The number of nitrogens with one attached hydrogen (secondary N) is 1. The molecule has 0 bridgehead atoms. The van der Waals surface area contributed by atoms with Gasteiger partial charge in [0.1, 0.15) is 6.54 Å². The molecule has 1 saturated heterocycles. The number of amides is 3. The van der Waals surface area contributed by atoms with E-state index < -0.39 is 5.92 Å². The molecule has 0 unspecified atom stereocenters. The number of rotatable bonds is 3. The van der Waals surface area contributed by atoms with Crippen molar-refractivity contribution in [1.82, 2.24) is 4.90 Å². The SMILES string of the molecule is Cc1cccc(NC(=O)CN2C(=O)[C@H]3CC=C(Cl)C[C@@H]3C2=O)c1. The Morgan fingerprint density at radius 3 is 2.78 bits per heavy atom. The van der Waals surface area contributed by atoms with Crippen LogP contribution in [0.25, 0.3) is 0 Å². The highest BCUT2D eigenvalue weighted by atomic mass is 35.5. The van der Waals surface area contributed by atoms with Crippen molar-refractivity contribution in [2.24, 2.45) is 11.8 Å². The number of halogens is 1. The van der Waals surface area contributed by atoms with Crippen LogP contribution in [0.4, 0.5) is 5.69 Å². The first-order chi connectivity index (χ1) is 11.0. The van der Waals surface area contributed by atoms with E-state index in [9.17, 15) is 14.4 Å². The molecular weight excluding hydrogens is 316 g/mol. The van der Waals surface area contributed by atoms with E-state index in [4.69, 9.17) is 11.6 Å². The Morgan fingerprint density at radius 1 is 1.30 bits per heavy atom. The highest BCUT2D eigenvalue weighted by Crippen LogP contribution is 2.38. The number of imide groups is 1. The molecular formula is C17H17ClN2O3. The highest BCUT2D eigenvalue weighted by molar-refractivity contribution is 6.30. The van der Waals surface area contributed by atoms with Crippen LogP contribution in [-0.2, 0) is 14.4 Å². The molecule has 1 aliphatic carbocycles. The number of carbonyl (C=O) groups excluding carboxylic acids is 3. The van der Waals surface area contributed by atoms with Crippen molar-refractivity contribution < 1.29 is 14.4 Å². The zero-order valence-corrected chi connectivity index (χ0v) is 13.5. The van der Waals surface area contributed by atoms with Crippen LogP contribution in [0.5, 0.6) is 0 Å². The number of carbonyl (C=O) groups is 3. The molecule has 1 fully saturated rings. The number of likely N-dealkylation sites (tertiary alicyclic amines) is 1. The van der Waals surface area contributed by atoms with Gasteiger partial charge in [-0.15, -0.1) is 0 Å². The standard InChI is InChI=1S/C17H17ClN2O3/c1-10-3-2-4-12(7-10)19-15(21)9-20-16(22)13-6-5-11(18)8-14(13)17(20)23/h2-5,7,13-14H,6,8-9H2,1H3,(H,19,21)/t13-,14-/m0/s1. The number of hydrogen-bond donors (Lipinski definition) is 1. The molecule has 1 aromatic rings. The van der Waals surface area contributed by atoms with Gasteiger partial charge in [0, 0.05) is 10.7 Å². The van der Waals surface area contributed by atoms with E-state index in [-0.39, 0.29) is 30.2 Å². The van der Waals surface area contributed by atoms with Crippen LogP contribution in [-0.4, -0.2) is 29.2 Å². The topological polar surface area (TPSA) is 66.5 Å². The molecule has 1 heterocycles. The Kier molecular flexibility index (Phi) is 4.22. The Bertz CT molecular complexity index is 714. The molecule has 120 valence electrons. The molecule has 3 amide bonds. The zero-order valence-electron chi connectivity index (χ0n) is 12.7. The largest absolute Gasteiger partial charge is 0.325 e. The van der Waals surface area contributed by atoms with Crippen LogP contribution in [0.1, 0.15) is 18.4 Å². The number of anilines is 1. The van der Waals surface area contributed by atoms with E-state index in [1.807, 2.05) is 25.1 Å². The monoisotopic (exact) mass is 332 g/mol. The van der Waals surface area contributed by atoms with Gasteiger partial charge >= 0.3 is 0 Å². The first-order valence-corrected chi connectivity index (χ1v) is 7.90. The van der Waals surface area contributed by atoms with Crippen molar-refractivity contribution in [3.05, 3.63) is 40.9 Å². The number of hydrogen-bond acceptors (Lipinski definition) is 3. The summed E-state index contributed by atoms with van der Waals surface area (Å²) < 4.78 is 0. The maximum Gasteiger partial charge on any atom is 0.244 e. The molecule has 23 heavy (non-hydrogen) atoms. The molecule has 1 N–H and O–H groups in total. The lowest BCUT2D eigenvalue weighted by atomic mass is 9.85. The zero-order chi connectivity index (χ0) is 16.6. The minimum absolute atomic E-state index is 0.254. The van der Waals surface area contributed by atoms with Gasteiger partial charge in [-0.1, -0.05) is 29.8 Å². The van der Waals surface area contributed by atoms with Crippen molar-refractivity contribution in [3.8, 4) is 0 Å². The van der Waals surface area contributed by atoms with Gasteiger partial charge in [0.05, 0.1) is 11.8 Å². The summed E-state index contributed by atoms with van der Waals surface area (Å²) in [6.45, 7) is 1.67. The predicted octanol–water partition coefficient (Wildman–Crippen LogP) is 2.45. The van der Waals surface area contributed by atoms with Gasteiger partial charge in [-0.25, -0.2) is 0 Å². The smallest absolute Gasteiger partial charge is 0.244 e. The fraction of sp³-hybridized carbons (Fsp3) is 0.353. The lowest BCUT2D eigenvalue weighted by Crippen LogP contribution is -2.38. The lowest BCUT2D eigenvalue weighted by molar-refractivity contribution is -0.142. The van der Waals surface area contributed by atoms with Crippen molar-refractivity contribution in [1.29, 1.82) is 0 Å². The summed E-state index contributed by atoms with van der Waals surface area (Å²) in [6, 6.07) is 7.35. The van der Waals surface area contributed by atoms with E-state index >= 15 is 0 Å². The van der Waals surface area contributed by atoms with Crippen LogP contribution in [0.2, 0.25) is 0 Å². The Balaban J connectivity index is 1.67. The molecule has 0 aromatic heterocycles. The van der Waals surface area contributed by atoms with Gasteiger partial charge in [-0.05, 0) is 37.5 Å². The Labute approximate surface area is 139 Å². The second-order valence-corrected chi connectivity index (χ2v) is 6.47. The number of benzene rings is 1. The summed E-state index contributed by atoms with van der Waals surface area (Å²) in [6.07, 6.45) is 2.63. The molecule has 1 aromatic carbocycles. The fourth-order valence-electron chi connectivity index (χ4n) is 3.12. The quantitative estimate of drug-likeness (QED) is 0.865. The second kappa shape index (κ2) is 6.16. The number of fused-ring (bicyclic) bond motifs is 1. The van der Waals surface area contributed by atoms with Crippen LogP contribution in [0.15, 0.2) is 35.4 Å². The van der Waals surface area contributed by atoms with Gasteiger partial charge in [-0.3, -0.25) is 19.3 Å². The molecule has 0 radical (unpaired) electrons. The molecule has 3 rings (SSSR count). The third kappa shape index (κ3) is 3.15. The summed E-state index contributed by atoms with van der Waals surface area (Å²) in [5.74, 6) is -1.76. The van der Waals surface area contributed by atoms with Crippen molar-refractivity contribution in [2.75, 3.05) is 11.9 Å². The average molecular weight is 333 g/mol. The van der Waals surface area contributed by atoms with Crippen LogP contribution in [0, 0.1) is 18.8 Å². The summed E-state index contributed by atoms with van der Waals surface area (Å²) in [4.78, 5) is 37.9. The molecule has 5 nitrogen and oxygen atoms in total. The predicted molar refractivity (Wildman–Crippen MR) is 86.7 cm³/mol. The van der Waals surface area contributed by atoms with E-state index in [1.54, 1.807) is 12.1 Å². The fourth-order valence-corrected chi connectivity index (χ4v) is 3.37. The van der Waals surface area contributed by atoms with Crippen molar-refractivity contribution in [2.45, 2.75) is 19.8 Å². The van der Waals surface area contributed by atoms with Crippen molar-refractivity contribution in [3.63, 3.8) is 0 Å². The van der Waals surface area contributed by atoms with Crippen molar-refractivity contribution >= 4 is 35.0 Å². The number of nitrogens with zero attached hydrogens (tertiary/aromatic N) is 1. The Morgan fingerprint density at radius 2 is 2.04 bits per heavy atom. The first-order valence-electron chi connectivity index (χ1n) is 7.52. The minimum atomic E-state index is -0.424. The highest BCUT2D eigenvalue weighted by Gasteiger charge is 2.48. The van der Waals surface area contributed by atoms with Gasteiger partial charge in [0.2, 0.25) is 17.7 Å². The molecule has 6 heteroatoms. The number of allylic oxidation sites excluding steroid dienone is 2. The summed E-state index contributed by atoms with van der Waals surface area (Å²) in [5.41, 5.74) is 1.67. The normalized spacial score (nSPS) is 23.6. The molecule has 0 saturated carbocycles. The van der Waals surface area contributed by atoms with Crippen LogP contribution >= 0.6 is 11.6 Å². The van der Waals surface area contributed by atoms with Crippen LogP contribution in [0.3, 0.4) is 0 Å². The third-order valence-corrected chi connectivity index (χ3v) is 4.57. The molecule has 0 spiro atoms. The first kappa shape index (κ1) is 15.7. The molecule has 2 atom stereocenters. The van der Waals surface area contributed by atoms with Gasteiger partial charge in [-0.2, -0.15) is 0 Å². The second-order valence-electron chi connectivity index (χ2n) is 5.98. The molecule has 1 aliphatic heterocycles.